The highest BCUT2D eigenvalue weighted by Crippen LogP contribution is 2.22. The third-order valence-electron chi connectivity index (χ3n) is 1.89. The predicted molar refractivity (Wildman–Crippen MR) is 46.4 cm³/mol. The molecule has 1 fully saturated rings. The van der Waals surface area contributed by atoms with Crippen molar-refractivity contribution in [3.05, 3.63) is 0 Å². The zero-order valence-corrected chi connectivity index (χ0v) is 8.77. The molecule has 0 amide bonds. The van der Waals surface area contributed by atoms with Crippen molar-refractivity contribution in [1.82, 2.24) is 4.47 Å². The fourth-order valence-electron chi connectivity index (χ4n) is 1.20. The van der Waals surface area contributed by atoms with Crippen LogP contribution in [0.4, 0.5) is 13.2 Å². The van der Waals surface area contributed by atoms with Gasteiger partial charge < -0.3 is 0 Å². The summed E-state index contributed by atoms with van der Waals surface area (Å²) in [6.45, 7) is 0.535. The number of alkyl halides is 3. The summed E-state index contributed by atoms with van der Waals surface area (Å²) in [7, 11) is -3.67. The van der Waals surface area contributed by atoms with Crippen LogP contribution in [-0.2, 0) is 14.9 Å². The Balaban J connectivity index is 2.37. The first-order valence-electron chi connectivity index (χ1n) is 4.51. The van der Waals surface area contributed by atoms with Crippen LogP contribution in [0.15, 0.2) is 0 Å². The van der Waals surface area contributed by atoms with Crippen LogP contribution in [0.5, 0.6) is 0 Å². The lowest BCUT2D eigenvalue weighted by Gasteiger charge is -2.14. The van der Waals surface area contributed by atoms with Gasteiger partial charge in [-0.1, -0.05) is 4.47 Å². The van der Waals surface area contributed by atoms with Crippen LogP contribution in [0.25, 0.3) is 0 Å². The molecule has 1 aliphatic rings. The number of hydrogen-bond donors (Lipinski definition) is 0. The summed E-state index contributed by atoms with van der Waals surface area (Å²) in [6, 6.07) is 0. The number of hydroxylamine groups is 1. The van der Waals surface area contributed by atoms with E-state index in [0.717, 1.165) is 4.47 Å². The Morgan fingerprint density at radius 3 is 2.47 bits per heavy atom. The molecule has 0 aromatic rings. The van der Waals surface area contributed by atoms with Gasteiger partial charge in [0.05, 0.1) is 12.4 Å². The normalized spacial score (nSPS) is 19.7. The van der Waals surface area contributed by atoms with Crippen LogP contribution >= 0.6 is 0 Å². The molecule has 8 heteroatoms. The molecule has 0 atom stereocenters. The van der Waals surface area contributed by atoms with Gasteiger partial charge in [-0.3, -0.25) is 4.84 Å². The van der Waals surface area contributed by atoms with Gasteiger partial charge in [0.2, 0.25) is 10.0 Å². The number of rotatable bonds is 4. The summed E-state index contributed by atoms with van der Waals surface area (Å²) in [6.07, 6.45) is -5.23. The van der Waals surface area contributed by atoms with Gasteiger partial charge in [-0.25, -0.2) is 8.42 Å². The second kappa shape index (κ2) is 4.67. The van der Waals surface area contributed by atoms with Crippen molar-refractivity contribution in [3.8, 4) is 0 Å². The average Bonchev–Trinajstić information content (AvgIpc) is 2.52. The Labute approximate surface area is 86.0 Å². The monoisotopic (exact) mass is 247 g/mol. The Hall–Kier alpha value is -0.340. The van der Waals surface area contributed by atoms with Crippen molar-refractivity contribution < 1.29 is 26.4 Å². The van der Waals surface area contributed by atoms with E-state index in [-0.39, 0.29) is 6.54 Å². The molecule has 0 aromatic carbocycles. The Bertz CT molecular complexity index is 295. The molecule has 0 spiro atoms. The topological polar surface area (TPSA) is 46.6 Å². The summed E-state index contributed by atoms with van der Waals surface area (Å²) in [4.78, 5) is 4.76. The number of nitrogens with zero attached hydrogens (tertiary/aromatic N) is 1. The number of halogens is 3. The first-order valence-corrected chi connectivity index (χ1v) is 6.12. The lowest BCUT2D eigenvalue weighted by molar-refractivity contribution is -0.134. The molecule has 1 saturated heterocycles. The molecule has 0 saturated carbocycles. The zero-order chi connectivity index (χ0) is 11.5. The van der Waals surface area contributed by atoms with Gasteiger partial charge in [-0.15, -0.1) is 0 Å². The summed E-state index contributed by atoms with van der Waals surface area (Å²) < 4.78 is 58.8. The van der Waals surface area contributed by atoms with Gasteiger partial charge in [0, 0.05) is 13.0 Å². The van der Waals surface area contributed by atoms with Crippen LogP contribution in [0, 0.1) is 0 Å². The average molecular weight is 247 g/mol. The maximum Gasteiger partial charge on any atom is 0.389 e. The Morgan fingerprint density at radius 2 is 2.00 bits per heavy atom. The highest BCUT2D eigenvalue weighted by molar-refractivity contribution is 7.88. The van der Waals surface area contributed by atoms with Crippen molar-refractivity contribution >= 4 is 10.0 Å². The van der Waals surface area contributed by atoms with Crippen LogP contribution in [0.1, 0.15) is 19.3 Å². The Morgan fingerprint density at radius 1 is 1.33 bits per heavy atom. The molecule has 0 N–H and O–H groups in total. The van der Waals surface area contributed by atoms with Crippen molar-refractivity contribution in [2.75, 3.05) is 18.9 Å². The van der Waals surface area contributed by atoms with Gasteiger partial charge >= 0.3 is 6.18 Å². The van der Waals surface area contributed by atoms with Gasteiger partial charge in [-0.2, -0.15) is 13.2 Å². The SMILES string of the molecule is O=S(=O)(CCCC(F)(F)F)N1CCCO1. The predicted octanol–water partition coefficient (Wildman–Crippen LogP) is 1.30. The molecule has 0 aromatic heterocycles. The van der Waals surface area contributed by atoms with E-state index in [1.54, 1.807) is 0 Å². The number of hydrogen-bond acceptors (Lipinski definition) is 3. The highest BCUT2D eigenvalue weighted by atomic mass is 32.2. The summed E-state index contributed by atoms with van der Waals surface area (Å²) in [5.74, 6) is -0.521. The molecule has 0 radical (unpaired) electrons. The Kier molecular flexibility index (Phi) is 3.96. The third-order valence-corrected chi connectivity index (χ3v) is 3.61. The first-order chi connectivity index (χ1) is 6.81. The summed E-state index contributed by atoms with van der Waals surface area (Å²) in [5, 5.41) is 0. The molecular formula is C7H12F3NO3S. The second-order valence-electron chi connectivity index (χ2n) is 3.25. The first kappa shape index (κ1) is 12.7. The van der Waals surface area contributed by atoms with Crippen LogP contribution in [0.3, 0.4) is 0 Å². The van der Waals surface area contributed by atoms with E-state index in [4.69, 9.17) is 4.84 Å². The van der Waals surface area contributed by atoms with Crippen LogP contribution in [-0.4, -0.2) is 38.0 Å². The molecule has 4 nitrogen and oxygen atoms in total. The minimum Gasteiger partial charge on any atom is -0.284 e. The minimum atomic E-state index is -4.30. The molecule has 15 heavy (non-hydrogen) atoms. The van der Waals surface area contributed by atoms with Crippen molar-refractivity contribution in [2.24, 2.45) is 0 Å². The van der Waals surface area contributed by atoms with Crippen molar-refractivity contribution in [2.45, 2.75) is 25.4 Å². The van der Waals surface area contributed by atoms with E-state index in [2.05, 4.69) is 0 Å². The van der Waals surface area contributed by atoms with Gasteiger partial charge in [0.1, 0.15) is 0 Å². The summed E-state index contributed by atoms with van der Waals surface area (Å²) in [5.41, 5.74) is 0. The smallest absolute Gasteiger partial charge is 0.284 e. The maximum absolute atomic E-state index is 11.8. The maximum atomic E-state index is 11.8. The lowest BCUT2D eigenvalue weighted by Crippen LogP contribution is -2.29. The molecule has 1 aliphatic heterocycles. The van der Waals surface area contributed by atoms with E-state index in [0.29, 0.717) is 13.0 Å². The molecular weight excluding hydrogens is 235 g/mol. The highest BCUT2D eigenvalue weighted by Gasteiger charge is 2.30. The van der Waals surface area contributed by atoms with Crippen molar-refractivity contribution in [1.29, 1.82) is 0 Å². The van der Waals surface area contributed by atoms with Crippen LogP contribution in [0.2, 0.25) is 0 Å². The van der Waals surface area contributed by atoms with E-state index in [9.17, 15) is 21.6 Å². The van der Waals surface area contributed by atoms with E-state index < -0.39 is 34.8 Å². The molecule has 1 rings (SSSR count). The third kappa shape index (κ3) is 4.35. The molecule has 0 bridgehead atoms. The van der Waals surface area contributed by atoms with Crippen molar-refractivity contribution in [3.63, 3.8) is 0 Å². The minimum absolute atomic E-state index is 0.231. The molecule has 0 aliphatic carbocycles. The van der Waals surface area contributed by atoms with E-state index >= 15 is 0 Å². The van der Waals surface area contributed by atoms with E-state index in [1.807, 2.05) is 0 Å². The van der Waals surface area contributed by atoms with Gasteiger partial charge in [-0.05, 0) is 12.8 Å². The molecule has 1 heterocycles. The van der Waals surface area contributed by atoms with Crippen LogP contribution < -0.4 is 0 Å². The fourth-order valence-corrected chi connectivity index (χ4v) is 2.56. The standard InChI is InChI=1S/C7H12F3NO3S/c8-7(9,10)3-1-6-15(12,13)11-4-2-5-14-11/h1-6H2. The lowest BCUT2D eigenvalue weighted by atomic mass is 10.3. The second-order valence-corrected chi connectivity index (χ2v) is 5.23. The quantitative estimate of drug-likeness (QED) is 0.752. The van der Waals surface area contributed by atoms with Gasteiger partial charge in [0.25, 0.3) is 0 Å². The molecule has 90 valence electrons. The van der Waals surface area contributed by atoms with E-state index in [1.165, 1.54) is 0 Å². The zero-order valence-electron chi connectivity index (χ0n) is 7.96. The summed E-state index contributed by atoms with van der Waals surface area (Å²) >= 11 is 0. The van der Waals surface area contributed by atoms with Gasteiger partial charge in [0.15, 0.2) is 0 Å². The number of sulfonamides is 1. The largest absolute Gasteiger partial charge is 0.389 e. The molecule has 0 unspecified atom stereocenters. The fraction of sp³-hybridized carbons (Fsp3) is 1.00.